The summed E-state index contributed by atoms with van der Waals surface area (Å²) in [6, 6.07) is 12.8. The Morgan fingerprint density at radius 2 is 1.45 bits per heavy atom. The molecule has 1 N–H and O–H groups in total. The molecule has 0 aromatic heterocycles. The minimum absolute atomic E-state index is 0.00244. The second-order valence-corrected chi connectivity index (χ2v) is 5.02. The van der Waals surface area contributed by atoms with Gasteiger partial charge in [0.1, 0.15) is 11.5 Å². The number of benzene rings is 2. The molecule has 0 saturated heterocycles. The molecule has 0 aliphatic rings. The van der Waals surface area contributed by atoms with Crippen molar-refractivity contribution in [3.05, 3.63) is 64.7 Å². The molecule has 0 fully saturated rings. The zero-order valence-electron chi connectivity index (χ0n) is 10.1. The third-order valence-corrected chi connectivity index (χ3v) is 3.12. The molecule has 0 amide bonds. The molecule has 0 heterocycles. The SMILES string of the molecule is O=[N+]([O-])c1ccc(OP(=O)(O)Oc2ccccc2)cc1. The lowest BCUT2D eigenvalue weighted by Gasteiger charge is -2.13. The zero-order chi connectivity index (χ0) is 14.6. The van der Waals surface area contributed by atoms with Gasteiger partial charge in [0.25, 0.3) is 5.69 Å². The molecule has 0 spiro atoms. The largest absolute Gasteiger partial charge is 0.584 e. The van der Waals surface area contributed by atoms with Crippen LogP contribution in [0.2, 0.25) is 0 Å². The molecule has 1 atom stereocenters. The fourth-order valence-electron chi connectivity index (χ4n) is 1.40. The first-order valence-electron chi connectivity index (χ1n) is 5.48. The topological polar surface area (TPSA) is 98.9 Å². The lowest BCUT2D eigenvalue weighted by molar-refractivity contribution is -0.384. The van der Waals surface area contributed by atoms with Crippen molar-refractivity contribution < 1.29 is 23.4 Å². The molecule has 2 rings (SSSR count). The third-order valence-electron chi connectivity index (χ3n) is 2.23. The average molecular weight is 295 g/mol. The minimum atomic E-state index is -4.35. The number of nitro groups is 1. The van der Waals surface area contributed by atoms with Crippen LogP contribution in [0.4, 0.5) is 5.69 Å². The van der Waals surface area contributed by atoms with Crippen LogP contribution in [0.1, 0.15) is 0 Å². The summed E-state index contributed by atoms with van der Waals surface area (Å²) in [5, 5.41) is 10.5. The first-order valence-corrected chi connectivity index (χ1v) is 6.97. The molecule has 2 aromatic carbocycles. The molecule has 0 aliphatic heterocycles. The Balaban J connectivity index is 2.08. The van der Waals surface area contributed by atoms with Gasteiger partial charge in [0.15, 0.2) is 0 Å². The van der Waals surface area contributed by atoms with Crippen LogP contribution in [-0.4, -0.2) is 9.82 Å². The highest BCUT2D eigenvalue weighted by Gasteiger charge is 2.25. The zero-order valence-corrected chi connectivity index (χ0v) is 11.0. The Morgan fingerprint density at radius 3 is 1.95 bits per heavy atom. The standard InChI is InChI=1S/C12H10NO6P/c14-13(15)10-6-8-12(9-7-10)19-20(16,17)18-11-4-2-1-3-5-11/h1-9H,(H,16,17). The molecule has 0 radical (unpaired) electrons. The first-order chi connectivity index (χ1) is 9.46. The van der Waals surface area contributed by atoms with Crippen LogP contribution in [-0.2, 0) is 4.57 Å². The van der Waals surface area contributed by atoms with Crippen LogP contribution in [0.5, 0.6) is 11.5 Å². The van der Waals surface area contributed by atoms with Crippen molar-refractivity contribution in [1.29, 1.82) is 0 Å². The summed E-state index contributed by atoms with van der Waals surface area (Å²) in [6.07, 6.45) is 0. The summed E-state index contributed by atoms with van der Waals surface area (Å²) in [7, 11) is -4.35. The van der Waals surface area contributed by atoms with Crippen LogP contribution >= 0.6 is 7.82 Å². The van der Waals surface area contributed by atoms with E-state index in [-0.39, 0.29) is 17.2 Å². The highest BCUT2D eigenvalue weighted by atomic mass is 31.2. The molecular weight excluding hydrogens is 285 g/mol. The van der Waals surface area contributed by atoms with Gasteiger partial charge in [-0.1, -0.05) is 18.2 Å². The molecule has 7 nitrogen and oxygen atoms in total. The number of nitro benzene ring substituents is 1. The van der Waals surface area contributed by atoms with Crippen molar-refractivity contribution in [2.75, 3.05) is 0 Å². The number of phosphoric ester groups is 1. The van der Waals surface area contributed by atoms with Gasteiger partial charge in [-0.2, -0.15) is 0 Å². The summed E-state index contributed by atoms with van der Waals surface area (Å²) < 4.78 is 21.4. The van der Waals surface area contributed by atoms with Gasteiger partial charge >= 0.3 is 7.82 Å². The number of para-hydroxylation sites is 1. The molecule has 2 aromatic rings. The van der Waals surface area contributed by atoms with Crippen molar-refractivity contribution in [2.24, 2.45) is 0 Å². The second kappa shape index (κ2) is 5.73. The number of non-ortho nitro benzene ring substituents is 1. The average Bonchev–Trinajstić information content (AvgIpc) is 2.39. The smallest absolute Gasteiger partial charge is 0.395 e. The lowest BCUT2D eigenvalue weighted by Crippen LogP contribution is -1.99. The predicted octanol–water partition coefficient (Wildman–Crippen LogP) is 3.15. The van der Waals surface area contributed by atoms with Gasteiger partial charge < -0.3 is 9.05 Å². The Kier molecular flexibility index (Phi) is 4.02. The second-order valence-electron chi connectivity index (χ2n) is 3.72. The minimum Gasteiger partial charge on any atom is -0.395 e. The lowest BCUT2D eigenvalue weighted by atomic mass is 10.3. The van der Waals surface area contributed by atoms with Crippen molar-refractivity contribution in [2.45, 2.75) is 0 Å². The summed E-state index contributed by atoms with van der Waals surface area (Å²) in [5.74, 6) is 0.178. The molecule has 20 heavy (non-hydrogen) atoms. The van der Waals surface area contributed by atoms with Gasteiger partial charge in [-0.3, -0.25) is 15.0 Å². The van der Waals surface area contributed by atoms with Crippen LogP contribution in [0.25, 0.3) is 0 Å². The van der Waals surface area contributed by atoms with E-state index in [4.69, 9.17) is 9.05 Å². The van der Waals surface area contributed by atoms with Crippen LogP contribution in [0.15, 0.2) is 54.6 Å². The highest BCUT2D eigenvalue weighted by molar-refractivity contribution is 7.48. The van der Waals surface area contributed by atoms with Gasteiger partial charge in [-0.15, -0.1) is 0 Å². The maximum Gasteiger partial charge on any atom is 0.584 e. The summed E-state index contributed by atoms with van der Waals surface area (Å²) >= 11 is 0. The van der Waals surface area contributed by atoms with Gasteiger partial charge in [-0.05, 0) is 24.3 Å². The van der Waals surface area contributed by atoms with E-state index >= 15 is 0 Å². The normalized spacial score (nSPS) is 13.2. The van der Waals surface area contributed by atoms with Crippen LogP contribution < -0.4 is 9.05 Å². The molecule has 8 heteroatoms. The summed E-state index contributed by atoms with van der Waals surface area (Å²) in [4.78, 5) is 19.5. The summed E-state index contributed by atoms with van der Waals surface area (Å²) in [6.45, 7) is 0. The molecule has 1 unspecified atom stereocenters. The Morgan fingerprint density at radius 1 is 0.950 bits per heavy atom. The van der Waals surface area contributed by atoms with E-state index in [1.54, 1.807) is 18.2 Å². The number of hydrogen-bond acceptors (Lipinski definition) is 5. The number of nitrogens with zero attached hydrogens (tertiary/aromatic N) is 1. The summed E-state index contributed by atoms with van der Waals surface area (Å²) in [5.41, 5.74) is -0.144. The van der Waals surface area contributed by atoms with E-state index in [0.717, 1.165) is 12.1 Å². The molecule has 0 saturated carbocycles. The van der Waals surface area contributed by atoms with Crippen molar-refractivity contribution >= 4 is 13.5 Å². The van der Waals surface area contributed by atoms with E-state index in [1.807, 2.05) is 0 Å². The van der Waals surface area contributed by atoms with E-state index in [9.17, 15) is 19.6 Å². The van der Waals surface area contributed by atoms with E-state index in [2.05, 4.69) is 0 Å². The number of rotatable bonds is 5. The van der Waals surface area contributed by atoms with Crippen molar-refractivity contribution in [3.8, 4) is 11.5 Å². The fraction of sp³-hybridized carbons (Fsp3) is 0. The predicted molar refractivity (Wildman–Crippen MR) is 70.6 cm³/mol. The molecular formula is C12H10NO6P. The van der Waals surface area contributed by atoms with E-state index in [0.29, 0.717) is 0 Å². The van der Waals surface area contributed by atoms with E-state index in [1.165, 1.54) is 24.3 Å². The molecule has 104 valence electrons. The van der Waals surface area contributed by atoms with Crippen LogP contribution in [0.3, 0.4) is 0 Å². The van der Waals surface area contributed by atoms with Crippen molar-refractivity contribution in [3.63, 3.8) is 0 Å². The van der Waals surface area contributed by atoms with Gasteiger partial charge in [0.2, 0.25) is 0 Å². The Hall–Kier alpha value is -2.37. The van der Waals surface area contributed by atoms with Gasteiger partial charge in [0.05, 0.1) is 4.92 Å². The Bertz CT molecular complexity index is 643. The monoisotopic (exact) mass is 295 g/mol. The third kappa shape index (κ3) is 3.81. The van der Waals surface area contributed by atoms with E-state index < -0.39 is 12.7 Å². The van der Waals surface area contributed by atoms with Crippen LogP contribution in [0, 0.1) is 10.1 Å². The van der Waals surface area contributed by atoms with Gasteiger partial charge in [-0.25, -0.2) is 4.57 Å². The molecule has 0 aliphatic carbocycles. The highest BCUT2D eigenvalue weighted by Crippen LogP contribution is 2.44. The fourth-order valence-corrected chi connectivity index (χ4v) is 2.21. The quantitative estimate of drug-likeness (QED) is 0.516. The first kappa shape index (κ1) is 14.0. The number of phosphoric acid groups is 1. The van der Waals surface area contributed by atoms with Crippen molar-refractivity contribution in [1.82, 2.24) is 0 Å². The maximum atomic E-state index is 11.7. The van der Waals surface area contributed by atoms with Gasteiger partial charge in [0, 0.05) is 12.1 Å². The number of hydrogen-bond donors (Lipinski definition) is 1. The molecule has 0 bridgehead atoms. The maximum absolute atomic E-state index is 11.7. The Labute approximate surface area is 114 Å².